The predicted molar refractivity (Wildman–Crippen MR) is 162 cm³/mol. The molecule has 188 valence electrons. The van der Waals surface area contributed by atoms with Gasteiger partial charge in [-0.15, -0.1) is 12.6 Å². The highest BCUT2D eigenvalue weighted by Gasteiger charge is 2.27. The van der Waals surface area contributed by atoms with Gasteiger partial charge in [0.2, 0.25) is 0 Å². The average molecular weight is 497 g/mol. The van der Waals surface area contributed by atoms with Crippen molar-refractivity contribution in [1.82, 2.24) is 0 Å². The normalized spacial score (nSPS) is 17.4. The summed E-state index contributed by atoms with van der Waals surface area (Å²) in [4.78, 5) is 3.87. The number of hydrogen-bond acceptors (Lipinski definition) is 2. The molecule has 1 heterocycles. The van der Waals surface area contributed by atoms with E-state index < -0.39 is 0 Å². The highest BCUT2D eigenvalue weighted by molar-refractivity contribution is 8.06. The summed E-state index contributed by atoms with van der Waals surface area (Å²) >= 11 is 6.68. The lowest BCUT2D eigenvalue weighted by atomic mass is 9.86. The number of allylic oxidation sites excluding steroid dienone is 15. The molecule has 0 bridgehead atoms. The van der Waals surface area contributed by atoms with Crippen LogP contribution in [0.15, 0.2) is 92.7 Å². The van der Waals surface area contributed by atoms with Crippen molar-refractivity contribution in [1.29, 1.82) is 0 Å². The van der Waals surface area contributed by atoms with E-state index >= 15 is 0 Å². The van der Waals surface area contributed by atoms with E-state index in [1.807, 2.05) is 11.8 Å². The Morgan fingerprint density at radius 1 is 0.735 bits per heavy atom. The second kappa shape index (κ2) is 11.6. The highest BCUT2D eigenvalue weighted by atomic mass is 32.2. The molecule has 0 aromatic rings. The fourth-order valence-electron chi connectivity index (χ4n) is 2.68. The van der Waals surface area contributed by atoms with Crippen LogP contribution in [0, 0.1) is 21.7 Å². The van der Waals surface area contributed by atoms with Crippen molar-refractivity contribution in [2.75, 3.05) is 0 Å². The average Bonchev–Trinajstić information content (AvgIpc) is 2.64. The van der Waals surface area contributed by atoms with Crippen LogP contribution in [0.3, 0.4) is 0 Å². The summed E-state index contributed by atoms with van der Waals surface area (Å²) in [6.45, 7) is 31.1. The number of hydrogen-bond donors (Lipinski definition) is 1. The van der Waals surface area contributed by atoms with Crippen molar-refractivity contribution in [3.63, 3.8) is 0 Å². The standard InChI is InChI=1S/C32H48S2/c1-23(29(2,3)4)19-24(20-26(33)30(5,6)7)17-15-14-16-18-25-21-27(31(8,9)10)34-28(22-25)32(11,12)13/h14-22,33H,1H2,2-13H3/b16-14+,17-15+,24-19-,26-20-. The Kier molecular flexibility index (Phi) is 10.4. The first-order chi connectivity index (χ1) is 15.2. The lowest BCUT2D eigenvalue weighted by Crippen LogP contribution is -2.14. The van der Waals surface area contributed by atoms with Gasteiger partial charge in [-0.05, 0) is 71.3 Å². The largest absolute Gasteiger partial charge is 0.147 e. The molecule has 0 unspecified atom stereocenters. The minimum Gasteiger partial charge on any atom is -0.147 e. The lowest BCUT2D eigenvalue weighted by Gasteiger charge is -2.31. The van der Waals surface area contributed by atoms with E-state index in [0.29, 0.717) is 0 Å². The van der Waals surface area contributed by atoms with E-state index in [-0.39, 0.29) is 21.7 Å². The first-order valence-electron chi connectivity index (χ1n) is 12.2. The van der Waals surface area contributed by atoms with Gasteiger partial charge in [0, 0.05) is 0 Å². The topological polar surface area (TPSA) is 0 Å². The molecule has 0 fully saturated rings. The molecule has 1 aliphatic heterocycles. The summed E-state index contributed by atoms with van der Waals surface area (Å²) in [7, 11) is 0. The predicted octanol–water partition coefficient (Wildman–Crippen LogP) is 11.0. The van der Waals surface area contributed by atoms with Crippen LogP contribution in [-0.2, 0) is 0 Å². The third-order valence-electron chi connectivity index (χ3n) is 5.47. The molecule has 2 heteroatoms. The Hall–Kier alpha value is -1.38. The molecule has 0 aromatic heterocycles. The molecule has 1 rings (SSSR count). The van der Waals surface area contributed by atoms with Crippen molar-refractivity contribution < 1.29 is 0 Å². The fraction of sp³-hybridized carbons (Fsp3) is 0.500. The van der Waals surface area contributed by atoms with Crippen LogP contribution in [0.5, 0.6) is 0 Å². The van der Waals surface area contributed by atoms with E-state index in [1.54, 1.807) is 0 Å². The second-order valence-corrected chi connectivity index (χ2v) is 14.8. The Labute approximate surface area is 221 Å². The van der Waals surface area contributed by atoms with Crippen LogP contribution >= 0.6 is 24.4 Å². The number of thioether (sulfide) groups is 1. The van der Waals surface area contributed by atoms with Gasteiger partial charge in [0.05, 0.1) is 0 Å². The SMILES string of the molecule is C=C(/C=C(\C=C(/S)C(C)(C)C)/C=C/C=C/C=C1C=C(C(C)(C)C)SC(C(C)(C)C)=C1)C(C)(C)C. The van der Waals surface area contributed by atoms with E-state index in [0.717, 1.165) is 16.1 Å². The first-order valence-corrected chi connectivity index (χ1v) is 13.5. The van der Waals surface area contributed by atoms with Gasteiger partial charge in [0.25, 0.3) is 0 Å². The van der Waals surface area contributed by atoms with Crippen LogP contribution in [-0.4, -0.2) is 0 Å². The van der Waals surface area contributed by atoms with Gasteiger partial charge in [0.15, 0.2) is 0 Å². The molecule has 0 atom stereocenters. The minimum atomic E-state index is 0.00650. The summed E-state index contributed by atoms with van der Waals surface area (Å²) in [5.41, 5.74) is 3.76. The van der Waals surface area contributed by atoms with Gasteiger partial charge in [0.1, 0.15) is 0 Å². The minimum absolute atomic E-state index is 0.00650. The van der Waals surface area contributed by atoms with Crippen LogP contribution in [0.4, 0.5) is 0 Å². The molecular formula is C32H48S2. The molecule has 1 aliphatic rings. The van der Waals surface area contributed by atoms with E-state index in [1.165, 1.54) is 15.4 Å². The molecule has 0 N–H and O–H groups in total. The van der Waals surface area contributed by atoms with Crippen LogP contribution in [0.2, 0.25) is 0 Å². The first kappa shape index (κ1) is 30.7. The zero-order valence-corrected chi connectivity index (χ0v) is 25.5. The van der Waals surface area contributed by atoms with E-state index in [2.05, 4.69) is 144 Å². The molecular weight excluding hydrogens is 448 g/mol. The molecule has 0 saturated carbocycles. The Morgan fingerprint density at radius 3 is 1.65 bits per heavy atom. The Balaban J connectivity index is 3.26. The smallest absolute Gasteiger partial charge is 0.00458 e. The van der Waals surface area contributed by atoms with Crippen LogP contribution in [0.1, 0.15) is 83.1 Å². The van der Waals surface area contributed by atoms with Gasteiger partial charge in [-0.3, -0.25) is 0 Å². The zero-order valence-electron chi connectivity index (χ0n) is 23.8. The molecule has 0 aromatic carbocycles. The zero-order chi connectivity index (χ0) is 26.5. The van der Waals surface area contributed by atoms with Crippen molar-refractivity contribution >= 4 is 24.4 Å². The summed E-state index contributed by atoms with van der Waals surface area (Å²) in [6, 6.07) is 0. The molecule has 34 heavy (non-hydrogen) atoms. The maximum atomic E-state index is 4.75. The summed E-state index contributed by atoms with van der Waals surface area (Å²) in [5.74, 6) is 0. The lowest BCUT2D eigenvalue weighted by molar-refractivity contribution is 0.518. The van der Waals surface area contributed by atoms with Gasteiger partial charge in [-0.1, -0.05) is 138 Å². The van der Waals surface area contributed by atoms with E-state index in [9.17, 15) is 0 Å². The van der Waals surface area contributed by atoms with Crippen molar-refractivity contribution in [3.8, 4) is 0 Å². The van der Waals surface area contributed by atoms with Gasteiger partial charge < -0.3 is 0 Å². The van der Waals surface area contributed by atoms with E-state index in [4.69, 9.17) is 12.6 Å². The van der Waals surface area contributed by atoms with Crippen LogP contribution < -0.4 is 0 Å². The number of rotatable bonds is 5. The van der Waals surface area contributed by atoms with Gasteiger partial charge >= 0.3 is 0 Å². The molecule has 0 spiro atoms. The third kappa shape index (κ3) is 10.5. The Morgan fingerprint density at radius 2 is 1.24 bits per heavy atom. The summed E-state index contributed by atoms with van der Waals surface area (Å²) < 4.78 is 0. The maximum Gasteiger partial charge on any atom is -0.00458 e. The molecule has 0 saturated heterocycles. The quantitative estimate of drug-likeness (QED) is 0.292. The summed E-state index contributed by atoms with van der Waals surface area (Å²) in [6.07, 6.45) is 19.6. The summed E-state index contributed by atoms with van der Waals surface area (Å²) in [5, 5.41) is 0. The molecule has 0 aliphatic carbocycles. The maximum absolute atomic E-state index is 4.75. The Bertz CT molecular complexity index is 926. The molecule has 0 amide bonds. The third-order valence-corrected chi connectivity index (χ3v) is 8.17. The highest BCUT2D eigenvalue weighted by Crippen LogP contribution is 2.48. The van der Waals surface area contributed by atoms with Crippen molar-refractivity contribution in [3.05, 3.63) is 92.7 Å². The van der Waals surface area contributed by atoms with Crippen LogP contribution in [0.25, 0.3) is 0 Å². The van der Waals surface area contributed by atoms with Crippen molar-refractivity contribution in [2.45, 2.75) is 83.1 Å². The molecule has 0 nitrogen and oxygen atoms in total. The molecule has 0 radical (unpaired) electrons. The van der Waals surface area contributed by atoms with Crippen molar-refractivity contribution in [2.24, 2.45) is 21.7 Å². The second-order valence-electron chi connectivity index (χ2n) is 13.2. The monoisotopic (exact) mass is 496 g/mol. The number of thiol groups is 1. The van der Waals surface area contributed by atoms with Gasteiger partial charge in [-0.25, -0.2) is 0 Å². The fourth-order valence-corrected chi connectivity index (χ4v) is 4.07. The van der Waals surface area contributed by atoms with Gasteiger partial charge in [-0.2, -0.15) is 0 Å².